The van der Waals surface area contributed by atoms with Crippen molar-refractivity contribution in [3.05, 3.63) is 45.0 Å². The van der Waals surface area contributed by atoms with Gasteiger partial charge < -0.3 is 5.32 Å². The lowest BCUT2D eigenvalue weighted by molar-refractivity contribution is -0.385. The number of rotatable bonds is 3. The number of hydrogen-bond donors (Lipinski definition) is 1. The Morgan fingerprint density at radius 2 is 2.25 bits per heavy atom. The van der Waals surface area contributed by atoms with Gasteiger partial charge in [0.2, 0.25) is 5.69 Å². The minimum absolute atomic E-state index is 0.152. The van der Waals surface area contributed by atoms with Crippen LogP contribution in [0.15, 0.2) is 18.5 Å². The summed E-state index contributed by atoms with van der Waals surface area (Å²) in [6, 6.07) is 1.51. The highest BCUT2D eigenvalue weighted by Crippen LogP contribution is 2.25. The van der Waals surface area contributed by atoms with Crippen molar-refractivity contribution >= 4 is 28.9 Å². The molecule has 0 saturated carbocycles. The number of halogens is 1. The number of anilines is 1. The molecule has 0 bridgehead atoms. The number of nitrogens with zero attached hydrogens (tertiary/aromatic N) is 4. The molecule has 104 valence electrons. The molecular formula is C11H10ClN5O3. The van der Waals surface area contributed by atoms with E-state index in [2.05, 4.69) is 15.4 Å². The number of carbonyl (C=O) groups excluding carboxylic acids is 1. The van der Waals surface area contributed by atoms with Crippen LogP contribution in [-0.2, 0) is 7.05 Å². The maximum Gasteiger partial charge on any atom is 0.320 e. The van der Waals surface area contributed by atoms with Crippen LogP contribution in [0.5, 0.6) is 0 Å². The van der Waals surface area contributed by atoms with Gasteiger partial charge in [-0.15, -0.1) is 0 Å². The van der Waals surface area contributed by atoms with Crippen molar-refractivity contribution < 1.29 is 9.72 Å². The molecule has 2 heterocycles. The molecule has 2 aromatic heterocycles. The van der Waals surface area contributed by atoms with Gasteiger partial charge in [-0.3, -0.25) is 24.6 Å². The second-order valence-electron chi connectivity index (χ2n) is 3.97. The number of aryl methyl sites for hydroxylation is 2. The molecule has 0 aliphatic rings. The third kappa shape index (κ3) is 2.45. The summed E-state index contributed by atoms with van der Waals surface area (Å²) in [5.74, 6) is -0.663. The number of nitrogens with one attached hydrogen (secondary N) is 1. The first kappa shape index (κ1) is 13.9. The van der Waals surface area contributed by atoms with E-state index in [0.717, 1.165) is 10.9 Å². The lowest BCUT2D eigenvalue weighted by Crippen LogP contribution is -2.18. The van der Waals surface area contributed by atoms with Gasteiger partial charge in [-0.25, -0.2) is 0 Å². The molecule has 0 aliphatic carbocycles. The smallest absolute Gasteiger partial charge is 0.319 e. The second kappa shape index (κ2) is 5.25. The fourth-order valence-corrected chi connectivity index (χ4v) is 1.81. The predicted octanol–water partition coefficient (Wildman–Crippen LogP) is 1.94. The van der Waals surface area contributed by atoms with E-state index in [1.807, 2.05) is 0 Å². The fraction of sp³-hybridized carbons (Fsp3) is 0.182. The molecule has 0 fully saturated rings. The number of amides is 1. The van der Waals surface area contributed by atoms with E-state index in [9.17, 15) is 14.9 Å². The highest BCUT2D eigenvalue weighted by atomic mass is 35.5. The van der Waals surface area contributed by atoms with Crippen molar-refractivity contribution in [2.75, 3.05) is 5.32 Å². The average Bonchev–Trinajstić information content (AvgIpc) is 2.77. The van der Waals surface area contributed by atoms with E-state index >= 15 is 0 Å². The quantitative estimate of drug-likeness (QED) is 0.688. The Morgan fingerprint density at radius 1 is 1.55 bits per heavy atom. The molecule has 2 rings (SSSR count). The molecule has 20 heavy (non-hydrogen) atoms. The first-order chi connectivity index (χ1) is 9.41. The molecule has 0 atom stereocenters. The third-order valence-corrected chi connectivity index (χ3v) is 3.12. The highest BCUT2D eigenvalue weighted by molar-refractivity contribution is 6.34. The van der Waals surface area contributed by atoms with Crippen molar-refractivity contribution in [3.8, 4) is 0 Å². The summed E-state index contributed by atoms with van der Waals surface area (Å²) in [4.78, 5) is 26.3. The Morgan fingerprint density at radius 3 is 2.90 bits per heavy atom. The van der Waals surface area contributed by atoms with Crippen LogP contribution >= 0.6 is 11.6 Å². The van der Waals surface area contributed by atoms with Crippen LogP contribution in [0.25, 0.3) is 0 Å². The zero-order valence-electron chi connectivity index (χ0n) is 10.6. The van der Waals surface area contributed by atoms with E-state index < -0.39 is 10.8 Å². The number of hydrogen-bond acceptors (Lipinski definition) is 5. The molecule has 0 saturated heterocycles. The summed E-state index contributed by atoms with van der Waals surface area (Å²) < 4.78 is 1.13. The van der Waals surface area contributed by atoms with Crippen LogP contribution < -0.4 is 5.32 Å². The van der Waals surface area contributed by atoms with Crippen molar-refractivity contribution in [2.24, 2.45) is 7.05 Å². The summed E-state index contributed by atoms with van der Waals surface area (Å²) in [6.45, 7) is 1.69. The van der Waals surface area contributed by atoms with E-state index in [0.29, 0.717) is 11.4 Å². The number of aromatic nitrogens is 3. The van der Waals surface area contributed by atoms with Crippen molar-refractivity contribution in [2.45, 2.75) is 6.92 Å². The molecule has 1 amide bonds. The van der Waals surface area contributed by atoms with Crippen molar-refractivity contribution in [3.63, 3.8) is 0 Å². The number of nitro groups is 1. The first-order valence-electron chi connectivity index (χ1n) is 5.50. The Bertz CT molecular complexity index is 697. The Balaban J connectivity index is 2.36. The number of pyridine rings is 1. The molecule has 2 aromatic rings. The van der Waals surface area contributed by atoms with Crippen LogP contribution in [0.1, 0.15) is 16.2 Å². The van der Waals surface area contributed by atoms with Gasteiger partial charge in [0.15, 0.2) is 0 Å². The summed E-state index contributed by atoms with van der Waals surface area (Å²) in [5.41, 5.74) is 0.357. The number of carbonyl (C=O) groups is 1. The minimum Gasteiger partial charge on any atom is -0.319 e. The summed E-state index contributed by atoms with van der Waals surface area (Å²) in [7, 11) is 1.45. The van der Waals surface area contributed by atoms with Gasteiger partial charge in [-0.1, -0.05) is 11.6 Å². The zero-order chi connectivity index (χ0) is 14.9. The Hall–Kier alpha value is -2.48. The highest BCUT2D eigenvalue weighted by Gasteiger charge is 2.26. The first-order valence-corrected chi connectivity index (χ1v) is 5.88. The van der Waals surface area contributed by atoms with Gasteiger partial charge in [0.25, 0.3) is 5.91 Å². The molecule has 0 spiro atoms. The summed E-state index contributed by atoms with van der Waals surface area (Å²) >= 11 is 6.01. The van der Waals surface area contributed by atoms with Gasteiger partial charge in [0.05, 0.1) is 21.3 Å². The van der Waals surface area contributed by atoms with E-state index in [1.54, 1.807) is 6.92 Å². The molecule has 0 aliphatic heterocycles. The lowest BCUT2D eigenvalue weighted by atomic mass is 10.3. The van der Waals surface area contributed by atoms with Gasteiger partial charge >= 0.3 is 5.69 Å². The third-order valence-electron chi connectivity index (χ3n) is 2.64. The SMILES string of the molecule is Cc1nccc(NC(=O)c2c([N+](=O)[O-])cnn2C)c1Cl. The zero-order valence-corrected chi connectivity index (χ0v) is 11.4. The van der Waals surface area contributed by atoms with Crippen LogP contribution in [0.4, 0.5) is 11.4 Å². The summed E-state index contributed by atoms with van der Waals surface area (Å²) in [6.07, 6.45) is 2.50. The minimum atomic E-state index is -0.665. The Labute approximate surface area is 118 Å². The van der Waals surface area contributed by atoms with Gasteiger partial charge in [0.1, 0.15) is 6.20 Å². The standard InChI is InChI=1S/C11H10ClN5O3/c1-6-9(12)7(3-4-13-6)15-11(18)10-8(17(19)20)5-14-16(10)2/h3-5H,1-2H3,(H,13,15,18). The molecule has 0 aromatic carbocycles. The summed E-state index contributed by atoms with van der Waals surface area (Å²) in [5, 5.41) is 17.4. The normalized spacial score (nSPS) is 10.3. The second-order valence-corrected chi connectivity index (χ2v) is 4.35. The van der Waals surface area contributed by atoms with Crippen LogP contribution in [0.2, 0.25) is 5.02 Å². The topological polar surface area (TPSA) is 103 Å². The van der Waals surface area contributed by atoms with Gasteiger partial charge in [-0.2, -0.15) is 5.10 Å². The monoisotopic (exact) mass is 295 g/mol. The van der Waals surface area contributed by atoms with E-state index in [1.165, 1.54) is 19.3 Å². The molecule has 1 N–H and O–H groups in total. The predicted molar refractivity (Wildman–Crippen MR) is 71.8 cm³/mol. The fourth-order valence-electron chi connectivity index (χ4n) is 1.65. The lowest BCUT2D eigenvalue weighted by Gasteiger charge is -2.08. The maximum atomic E-state index is 12.1. The van der Waals surface area contributed by atoms with Crippen LogP contribution in [0, 0.1) is 17.0 Å². The molecule has 8 nitrogen and oxygen atoms in total. The van der Waals surface area contributed by atoms with Crippen molar-refractivity contribution in [1.82, 2.24) is 14.8 Å². The van der Waals surface area contributed by atoms with Gasteiger partial charge in [0, 0.05) is 13.2 Å². The van der Waals surface area contributed by atoms with Crippen LogP contribution in [-0.4, -0.2) is 25.6 Å². The molecule has 0 unspecified atom stereocenters. The average molecular weight is 296 g/mol. The molecule has 0 radical (unpaired) electrons. The van der Waals surface area contributed by atoms with E-state index in [-0.39, 0.29) is 16.4 Å². The Kier molecular flexibility index (Phi) is 3.66. The molecule has 9 heteroatoms. The van der Waals surface area contributed by atoms with Gasteiger partial charge in [-0.05, 0) is 13.0 Å². The van der Waals surface area contributed by atoms with E-state index in [4.69, 9.17) is 11.6 Å². The largest absolute Gasteiger partial charge is 0.320 e. The van der Waals surface area contributed by atoms with Crippen molar-refractivity contribution in [1.29, 1.82) is 0 Å². The maximum absolute atomic E-state index is 12.1. The molecular weight excluding hydrogens is 286 g/mol. The van der Waals surface area contributed by atoms with Crippen LogP contribution in [0.3, 0.4) is 0 Å².